The lowest BCUT2D eigenvalue weighted by atomic mass is 9.96. The van der Waals surface area contributed by atoms with Crippen molar-refractivity contribution in [2.45, 2.75) is 25.7 Å². The lowest BCUT2D eigenvalue weighted by molar-refractivity contribution is -0.126. The molecular formula is C18H22N2O4. The number of carbonyl (C=O) groups is 3. The molecule has 0 bridgehead atoms. The van der Waals surface area contributed by atoms with Crippen molar-refractivity contribution in [2.75, 3.05) is 19.6 Å². The highest BCUT2D eigenvalue weighted by molar-refractivity contribution is 5.96. The predicted octanol–water partition coefficient (Wildman–Crippen LogP) is 1.76. The second kappa shape index (κ2) is 7.03. The molecule has 6 heteroatoms. The number of rotatable bonds is 5. The summed E-state index contributed by atoms with van der Waals surface area (Å²) in [6, 6.07) is 5.92. The van der Waals surface area contributed by atoms with E-state index in [1.54, 1.807) is 4.90 Å². The molecule has 0 aromatic heterocycles. The minimum Gasteiger partial charge on any atom is -0.478 e. The van der Waals surface area contributed by atoms with Gasteiger partial charge in [-0.1, -0.05) is 0 Å². The number of hydrogen-bond donors (Lipinski definition) is 2. The van der Waals surface area contributed by atoms with Crippen LogP contribution >= 0.6 is 0 Å². The number of nitrogens with zero attached hydrogens (tertiary/aromatic N) is 1. The van der Waals surface area contributed by atoms with Crippen molar-refractivity contribution in [3.8, 4) is 0 Å². The number of amides is 2. The van der Waals surface area contributed by atoms with E-state index in [1.807, 2.05) is 0 Å². The zero-order chi connectivity index (χ0) is 17.1. The molecule has 2 fully saturated rings. The summed E-state index contributed by atoms with van der Waals surface area (Å²) in [6.45, 7) is 1.81. The van der Waals surface area contributed by atoms with Crippen LogP contribution in [0.3, 0.4) is 0 Å². The van der Waals surface area contributed by atoms with Gasteiger partial charge in [0.05, 0.1) is 11.5 Å². The molecule has 2 amide bonds. The van der Waals surface area contributed by atoms with E-state index < -0.39 is 5.97 Å². The predicted molar refractivity (Wildman–Crippen MR) is 87.8 cm³/mol. The van der Waals surface area contributed by atoms with Crippen LogP contribution in [-0.2, 0) is 4.79 Å². The molecule has 6 nitrogen and oxygen atoms in total. The molecule has 1 saturated carbocycles. The minimum atomic E-state index is -1.01. The van der Waals surface area contributed by atoms with Gasteiger partial charge in [-0.25, -0.2) is 4.79 Å². The van der Waals surface area contributed by atoms with Gasteiger partial charge in [-0.15, -0.1) is 0 Å². The van der Waals surface area contributed by atoms with Crippen LogP contribution in [0, 0.1) is 11.8 Å². The monoisotopic (exact) mass is 330 g/mol. The summed E-state index contributed by atoms with van der Waals surface area (Å²) >= 11 is 0. The first-order valence-electron chi connectivity index (χ1n) is 8.45. The maximum Gasteiger partial charge on any atom is 0.335 e. The Bertz CT molecular complexity index is 637. The number of hydrogen-bond acceptors (Lipinski definition) is 3. The van der Waals surface area contributed by atoms with E-state index in [0.29, 0.717) is 24.6 Å². The zero-order valence-corrected chi connectivity index (χ0v) is 13.5. The standard InChI is InChI=1S/C18H22N2O4/c21-16(19-10-12-3-4-12)15-2-1-9-20(11-15)17(22)13-5-7-14(8-6-13)18(23)24/h5-8,12,15H,1-4,9-11H2,(H,19,21)(H,23,24). The van der Waals surface area contributed by atoms with Gasteiger partial charge in [-0.2, -0.15) is 0 Å². The van der Waals surface area contributed by atoms with Crippen LogP contribution < -0.4 is 5.32 Å². The highest BCUT2D eigenvalue weighted by Crippen LogP contribution is 2.28. The Kier molecular flexibility index (Phi) is 4.83. The van der Waals surface area contributed by atoms with E-state index in [0.717, 1.165) is 19.4 Å². The highest BCUT2D eigenvalue weighted by atomic mass is 16.4. The van der Waals surface area contributed by atoms with E-state index in [-0.39, 0.29) is 23.3 Å². The molecule has 24 heavy (non-hydrogen) atoms. The van der Waals surface area contributed by atoms with Crippen LogP contribution in [-0.4, -0.2) is 47.4 Å². The number of carbonyl (C=O) groups excluding carboxylic acids is 2. The molecule has 1 heterocycles. The minimum absolute atomic E-state index is 0.0422. The molecule has 2 aliphatic rings. The Morgan fingerprint density at radius 2 is 1.75 bits per heavy atom. The van der Waals surface area contributed by atoms with Crippen LogP contribution in [0.1, 0.15) is 46.4 Å². The third kappa shape index (κ3) is 3.93. The molecular weight excluding hydrogens is 308 g/mol. The summed E-state index contributed by atoms with van der Waals surface area (Å²) in [4.78, 5) is 37.4. The van der Waals surface area contributed by atoms with Crippen molar-refractivity contribution in [3.63, 3.8) is 0 Å². The lowest BCUT2D eigenvalue weighted by Crippen LogP contribution is -2.45. The molecule has 0 radical (unpaired) electrons. The average molecular weight is 330 g/mol. The quantitative estimate of drug-likeness (QED) is 0.861. The van der Waals surface area contributed by atoms with Gasteiger partial charge in [0.25, 0.3) is 5.91 Å². The van der Waals surface area contributed by atoms with Gasteiger partial charge in [0, 0.05) is 25.2 Å². The van der Waals surface area contributed by atoms with E-state index in [1.165, 1.54) is 37.1 Å². The molecule has 1 aliphatic carbocycles. The molecule has 0 spiro atoms. The zero-order valence-electron chi connectivity index (χ0n) is 13.5. The fraction of sp³-hybridized carbons (Fsp3) is 0.500. The third-order valence-electron chi connectivity index (χ3n) is 4.72. The number of likely N-dealkylation sites (tertiary alicyclic amines) is 1. The fourth-order valence-corrected chi connectivity index (χ4v) is 3.02. The van der Waals surface area contributed by atoms with Gasteiger partial charge in [-0.05, 0) is 55.9 Å². The van der Waals surface area contributed by atoms with Crippen molar-refractivity contribution >= 4 is 17.8 Å². The van der Waals surface area contributed by atoms with Gasteiger partial charge in [-0.3, -0.25) is 9.59 Å². The first-order chi connectivity index (χ1) is 11.5. The van der Waals surface area contributed by atoms with Crippen LogP contribution in [0.4, 0.5) is 0 Å². The third-order valence-corrected chi connectivity index (χ3v) is 4.72. The Hall–Kier alpha value is -2.37. The summed E-state index contributed by atoms with van der Waals surface area (Å²) in [5, 5.41) is 11.9. The topological polar surface area (TPSA) is 86.7 Å². The number of aromatic carboxylic acids is 1. The SMILES string of the molecule is O=C(O)c1ccc(C(=O)N2CCCC(C(=O)NCC3CC3)C2)cc1. The second-order valence-electron chi connectivity index (χ2n) is 6.66. The Balaban J connectivity index is 1.59. The maximum absolute atomic E-state index is 12.6. The normalized spacial score (nSPS) is 20.5. The number of carboxylic acid groups (broad SMARTS) is 1. The van der Waals surface area contributed by atoms with Gasteiger partial charge in [0.1, 0.15) is 0 Å². The van der Waals surface area contributed by atoms with E-state index >= 15 is 0 Å². The van der Waals surface area contributed by atoms with Gasteiger partial charge < -0.3 is 15.3 Å². The van der Waals surface area contributed by atoms with Crippen molar-refractivity contribution in [1.82, 2.24) is 10.2 Å². The molecule has 1 unspecified atom stereocenters. The number of benzene rings is 1. The Morgan fingerprint density at radius 1 is 1.08 bits per heavy atom. The molecule has 1 aliphatic heterocycles. The smallest absolute Gasteiger partial charge is 0.335 e. The Morgan fingerprint density at radius 3 is 2.38 bits per heavy atom. The van der Waals surface area contributed by atoms with Gasteiger partial charge in [0.15, 0.2) is 0 Å². The molecule has 128 valence electrons. The number of carboxylic acids is 1. The summed E-state index contributed by atoms with van der Waals surface area (Å²) in [7, 11) is 0. The van der Waals surface area contributed by atoms with E-state index in [2.05, 4.69) is 5.32 Å². The molecule has 3 rings (SSSR count). The molecule has 1 aromatic carbocycles. The fourth-order valence-electron chi connectivity index (χ4n) is 3.02. The molecule has 1 atom stereocenters. The van der Waals surface area contributed by atoms with Crippen LogP contribution in [0.15, 0.2) is 24.3 Å². The maximum atomic E-state index is 12.6. The highest BCUT2D eigenvalue weighted by Gasteiger charge is 2.30. The summed E-state index contributed by atoms with van der Waals surface area (Å²) in [5.74, 6) is -0.630. The van der Waals surface area contributed by atoms with Crippen LogP contribution in [0.25, 0.3) is 0 Å². The van der Waals surface area contributed by atoms with Crippen LogP contribution in [0.5, 0.6) is 0 Å². The number of nitrogens with one attached hydrogen (secondary N) is 1. The Labute approximate surface area is 140 Å². The summed E-state index contributed by atoms with van der Waals surface area (Å²) in [6.07, 6.45) is 4.00. The number of piperidine rings is 1. The van der Waals surface area contributed by atoms with Gasteiger partial charge >= 0.3 is 5.97 Å². The van der Waals surface area contributed by atoms with E-state index in [9.17, 15) is 14.4 Å². The average Bonchev–Trinajstić information content (AvgIpc) is 3.43. The molecule has 1 aromatic rings. The van der Waals surface area contributed by atoms with Crippen molar-refractivity contribution < 1.29 is 19.5 Å². The van der Waals surface area contributed by atoms with Crippen molar-refractivity contribution in [3.05, 3.63) is 35.4 Å². The second-order valence-corrected chi connectivity index (χ2v) is 6.66. The lowest BCUT2D eigenvalue weighted by Gasteiger charge is -2.32. The van der Waals surface area contributed by atoms with Crippen LogP contribution in [0.2, 0.25) is 0 Å². The van der Waals surface area contributed by atoms with Crippen molar-refractivity contribution in [2.24, 2.45) is 11.8 Å². The van der Waals surface area contributed by atoms with Crippen molar-refractivity contribution in [1.29, 1.82) is 0 Å². The first-order valence-corrected chi connectivity index (χ1v) is 8.45. The molecule has 1 saturated heterocycles. The summed E-state index contributed by atoms with van der Waals surface area (Å²) in [5.41, 5.74) is 0.613. The van der Waals surface area contributed by atoms with E-state index in [4.69, 9.17) is 5.11 Å². The summed E-state index contributed by atoms with van der Waals surface area (Å²) < 4.78 is 0. The van der Waals surface area contributed by atoms with Gasteiger partial charge in [0.2, 0.25) is 5.91 Å². The largest absolute Gasteiger partial charge is 0.478 e. The first kappa shape index (κ1) is 16.5. The molecule has 2 N–H and O–H groups in total.